The smallest absolute Gasteiger partial charge is 0.254 e. The lowest BCUT2D eigenvalue weighted by atomic mass is 9.98. The van der Waals surface area contributed by atoms with Gasteiger partial charge in [0.15, 0.2) is 0 Å². The van der Waals surface area contributed by atoms with Crippen LogP contribution in [0.5, 0.6) is 0 Å². The van der Waals surface area contributed by atoms with Crippen molar-refractivity contribution in [1.82, 2.24) is 20.4 Å². The molecule has 0 bridgehead atoms. The molecule has 0 spiro atoms. The van der Waals surface area contributed by atoms with E-state index in [1.54, 1.807) is 6.92 Å². The molecule has 3 heterocycles. The fourth-order valence-corrected chi connectivity index (χ4v) is 2.49. The second kappa shape index (κ2) is 6.23. The molecule has 1 fully saturated rings. The highest BCUT2D eigenvalue weighted by atomic mass is 16.5. The summed E-state index contributed by atoms with van der Waals surface area (Å²) in [4.78, 5) is 20.3. The highest BCUT2D eigenvalue weighted by molar-refractivity contribution is 5.93. The number of hydrogen-bond donors (Lipinski definition) is 1. The summed E-state index contributed by atoms with van der Waals surface area (Å²) in [6.45, 7) is 4.75. The summed E-state index contributed by atoms with van der Waals surface area (Å²) >= 11 is 0. The first kappa shape index (κ1) is 14.6. The third kappa shape index (κ3) is 3.30. The molecule has 1 N–H and O–H groups in total. The zero-order chi connectivity index (χ0) is 15.5. The van der Waals surface area contributed by atoms with Gasteiger partial charge < -0.3 is 14.6 Å². The summed E-state index contributed by atoms with van der Waals surface area (Å²) < 4.78 is 10.7. The summed E-state index contributed by atoms with van der Waals surface area (Å²) in [5, 5.41) is 6.87. The van der Waals surface area contributed by atoms with Crippen LogP contribution in [0.4, 0.5) is 0 Å². The second-order valence-electron chi connectivity index (χ2n) is 5.54. The molecular weight excluding hydrogens is 284 g/mol. The van der Waals surface area contributed by atoms with Gasteiger partial charge in [-0.15, -0.1) is 0 Å². The Morgan fingerprint density at radius 1 is 1.32 bits per heavy atom. The van der Waals surface area contributed by atoms with Crippen LogP contribution in [-0.2, 0) is 11.2 Å². The van der Waals surface area contributed by atoms with Crippen molar-refractivity contribution in [3.8, 4) is 0 Å². The van der Waals surface area contributed by atoms with Crippen molar-refractivity contribution in [2.24, 2.45) is 5.92 Å². The molecule has 0 aromatic carbocycles. The first-order valence-electron chi connectivity index (χ1n) is 7.21. The van der Waals surface area contributed by atoms with Crippen molar-refractivity contribution in [3.63, 3.8) is 0 Å². The predicted octanol–water partition coefficient (Wildman–Crippen LogP) is 1.07. The van der Waals surface area contributed by atoms with Crippen LogP contribution < -0.4 is 5.32 Å². The molecule has 0 aliphatic carbocycles. The number of aromatic nitrogens is 3. The van der Waals surface area contributed by atoms with Gasteiger partial charge in [-0.05, 0) is 13.8 Å². The molecule has 2 aromatic rings. The maximum absolute atomic E-state index is 12.2. The molecule has 0 saturated carbocycles. The number of ether oxygens (including phenoxy) is 1. The number of rotatable bonds is 4. The summed E-state index contributed by atoms with van der Waals surface area (Å²) in [7, 11) is 0. The summed E-state index contributed by atoms with van der Waals surface area (Å²) in [6.07, 6.45) is 3.75. The van der Waals surface area contributed by atoms with Gasteiger partial charge in [0.25, 0.3) is 5.91 Å². The van der Waals surface area contributed by atoms with E-state index in [1.807, 2.05) is 13.0 Å². The van der Waals surface area contributed by atoms with E-state index in [9.17, 15) is 4.79 Å². The molecule has 1 amide bonds. The van der Waals surface area contributed by atoms with E-state index in [1.165, 1.54) is 12.4 Å². The molecule has 22 heavy (non-hydrogen) atoms. The lowest BCUT2D eigenvalue weighted by Gasteiger charge is -2.17. The monoisotopic (exact) mass is 302 g/mol. The number of carbonyl (C=O) groups is 1. The van der Waals surface area contributed by atoms with E-state index in [-0.39, 0.29) is 17.9 Å². The molecule has 2 atom stereocenters. The van der Waals surface area contributed by atoms with E-state index in [2.05, 4.69) is 20.4 Å². The quantitative estimate of drug-likeness (QED) is 0.908. The molecule has 1 saturated heterocycles. The SMILES string of the molecule is Cc1cc(C[C@@H]2COC[C@@H]2NC(=O)c2cnc(C)nc2)on1. The van der Waals surface area contributed by atoms with Gasteiger partial charge in [-0.3, -0.25) is 4.79 Å². The Bertz CT molecular complexity index is 653. The molecule has 7 heteroatoms. The molecule has 0 unspecified atom stereocenters. The fourth-order valence-electron chi connectivity index (χ4n) is 2.49. The van der Waals surface area contributed by atoms with Gasteiger partial charge in [0.2, 0.25) is 0 Å². The van der Waals surface area contributed by atoms with Crippen molar-refractivity contribution in [2.45, 2.75) is 26.3 Å². The van der Waals surface area contributed by atoms with Crippen LogP contribution in [-0.4, -0.2) is 40.3 Å². The number of nitrogens with zero attached hydrogens (tertiary/aromatic N) is 3. The molecule has 1 aliphatic heterocycles. The van der Waals surface area contributed by atoms with Gasteiger partial charge in [-0.2, -0.15) is 0 Å². The first-order chi connectivity index (χ1) is 10.6. The maximum atomic E-state index is 12.2. The lowest BCUT2D eigenvalue weighted by molar-refractivity contribution is 0.0923. The minimum atomic E-state index is -0.186. The minimum absolute atomic E-state index is 0.0563. The van der Waals surface area contributed by atoms with Crippen molar-refractivity contribution in [3.05, 3.63) is 41.3 Å². The minimum Gasteiger partial charge on any atom is -0.379 e. The van der Waals surface area contributed by atoms with Gasteiger partial charge in [0.05, 0.1) is 30.5 Å². The van der Waals surface area contributed by atoms with Gasteiger partial charge >= 0.3 is 0 Å². The highest BCUT2D eigenvalue weighted by Gasteiger charge is 2.31. The number of nitrogens with one attached hydrogen (secondary N) is 1. The van der Waals surface area contributed by atoms with Crippen LogP contribution in [0, 0.1) is 19.8 Å². The van der Waals surface area contributed by atoms with Crippen LogP contribution >= 0.6 is 0 Å². The molecule has 1 aliphatic rings. The van der Waals surface area contributed by atoms with Crippen LogP contribution in [0.2, 0.25) is 0 Å². The average Bonchev–Trinajstić information content (AvgIpc) is 3.10. The van der Waals surface area contributed by atoms with Crippen molar-refractivity contribution >= 4 is 5.91 Å². The van der Waals surface area contributed by atoms with Crippen LogP contribution in [0.25, 0.3) is 0 Å². The summed E-state index contributed by atoms with van der Waals surface area (Å²) in [5.74, 6) is 1.43. The van der Waals surface area contributed by atoms with E-state index in [0.717, 1.165) is 11.5 Å². The van der Waals surface area contributed by atoms with Crippen molar-refractivity contribution < 1.29 is 14.1 Å². The largest absolute Gasteiger partial charge is 0.379 e. The zero-order valence-corrected chi connectivity index (χ0v) is 12.6. The van der Waals surface area contributed by atoms with E-state index in [4.69, 9.17) is 9.26 Å². The Balaban J connectivity index is 1.63. The van der Waals surface area contributed by atoms with Crippen LogP contribution in [0.15, 0.2) is 23.0 Å². The fraction of sp³-hybridized carbons (Fsp3) is 0.467. The third-order valence-electron chi connectivity index (χ3n) is 3.70. The van der Waals surface area contributed by atoms with Crippen molar-refractivity contribution in [2.75, 3.05) is 13.2 Å². The van der Waals surface area contributed by atoms with Gasteiger partial charge in [0, 0.05) is 30.8 Å². The predicted molar refractivity (Wildman–Crippen MR) is 77.3 cm³/mol. The maximum Gasteiger partial charge on any atom is 0.254 e. The van der Waals surface area contributed by atoms with Crippen LogP contribution in [0.1, 0.15) is 27.6 Å². The zero-order valence-electron chi connectivity index (χ0n) is 12.6. The molecule has 0 radical (unpaired) electrons. The second-order valence-corrected chi connectivity index (χ2v) is 5.54. The first-order valence-corrected chi connectivity index (χ1v) is 7.21. The van der Waals surface area contributed by atoms with E-state index in [0.29, 0.717) is 31.0 Å². The molecule has 2 aromatic heterocycles. The van der Waals surface area contributed by atoms with Crippen molar-refractivity contribution in [1.29, 1.82) is 0 Å². The van der Waals surface area contributed by atoms with Gasteiger partial charge in [-0.25, -0.2) is 9.97 Å². The highest BCUT2D eigenvalue weighted by Crippen LogP contribution is 2.20. The molecule has 116 valence electrons. The lowest BCUT2D eigenvalue weighted by Crippen LogP contribution is -2.40. The summed E-state index contributed by atoms with van der Waals surface area (Å²) in [6, 6.07) is 1.85. The Kier molecular flexibility index (Phi) is 4.15. The summed E-state index contributed by atoms with van der Waals surface area (Å²) in [5.41, 5.74) is 1.30. The number of aryl methyl sites for hydroxylation is 2. The number of carbonyl (C=O) groups excluding carboxylic acids is 1. The Morgan fingerprint density at radius 3 is 2.77 bits per heavy atom. The van der Waals surface area contributed by atoms with Gasteiger partial charge in [-0.1, -0.05) is 5.16 Å². The Hall–Kier alpha value is -2.28. The number of hydrogen-bond acceptors (Lipinski definition) is 6. The molecule has 3 rings (SSSR count). The Labute approximate surface area is 128 Å². The van der Waals surface area contributed by atoms with Gasteiger partial charge in [0.1, 0.15) is 11.6 Å². The molecule has 7 nitrogen and oxygen atoms in total. The van der Waals surface area contributed by atoms with E-state index >= 15 is 0 Å². The molecular formula is C15H18N4O3. The normalized spacial score (nSPS) is 21.0. The van der Waals surface area contributed by atoms with E-state index < -0.39 is 0 Å². The third-order valence-corrected chi connectivity index (χ3v) is 3.70. The van der Waals surface area contributed by atoms with Crippen LogP contribution in [0.3, 0.4) is 0 Å². The number of amides is 1. The average molecular weight is 302 g/mol. The Morgan fingerprint density at radius 2 is 2.09 bits per heavy atom. The standard InChI is InChI=1S/C15H18N4O3/c1-9-3-13(22-19-9)4-11-7-21-8-14(11)18-15(20)12-5-16-10(2)17-6-12/h3,5-6,11,14H,4,7-8H2,1-2H3,(H,18,20)/t11-,14+/m1/s1. The topological polar surface area (TPSA) is 90.1 Å².